The van der Waals surface area contributed by atoms with E-state index in [1.54, 1.807) is 6.92 Å². The molecule has 264 valence electrons. The molecular weight excluding hydrogens is 595 g/mol. The molecule has 7 heteroatoms. The molecule has 0 radical (unpaired) electrons. The molecule has 0 aliphatic rings. The molecule has 0 spiro atoms. The predicted octanol–water partition coefficient (Wildman–Crippen LogP) is 12.2. The number of allylic oxidation sites excluding steroid dienone is 12. The molecule has 1 N–H and O–H groups in total. The standard InChI is InChI=1S/C39H67O6P/c1-4-6-8-10-12-14-16-18-20-22-24-26-28-30-32-34-36-44-46(41,42)45-38(3)37-43-39(40)35-33-31-29-27-25-23-21-19-17-15-13-11-9-7-5-2/h12-15,18-21,24-27,38H,4-11,16-17,22-23,28-37H2,1-3H3,(H,41,42)/b14-12-,15-13-,20-18-,21-19-,26-24-,27-25-. The zero-order chi connectivity index (χ0) is 33.8. The molecule has 0 aromatic heterocycles. The van der Waals surface area contributed by atoms with E-state index in [0.29, 0.717) is 12.8 Å². The van der Waals surface area contributed by atoms with E-state index in [1.165, 1.54) is 51.4 Å². The number of phosphoric ester groups is 1. The van der Waals surface area contributed by atoms with Crippen molar-refractivity contribution in [3.63, 3.8) is 0 Å². The molecular formula is C39H67O6P. The summed E-state index contributed by atoms with van der Waals surface area (Å²) in [4.78, 5) is 22.0. The Labute approximate surface area is 282 Å². The lowest BCUT2D eigenvalue weighted by Gasteiger charge is -2.17. The van der Waals surface area contributed by atoms with Crippen molar-refractivity contribution in [3.8, 4) is 0 Å². The van der Waals surface area contributed by atoms with Gasteiger partial charge in [-0.3, -0.25) is 13.8 Å². The van der Waals surface area contributed by atoms with Crippen molar-refractivity contribution in [1.82, 2.24) is 0 Å². The van der Waals surface area contributed by atoms with Gasteiger partial charge in [-0.15, -0.1) is 0 Å². The van der Waals surface area contributed by atoms with Gasteiger partial charge in [0.1, 0.15) is 12.7 Å². The summed E-state index contributed by atoms with van der Waals surface area (Å²) in [5.41, 5.74) is 0. The third kappa shape index (κ3) is 34.9. The number of rotatable bonds is 32. The Morgan fingerprint density at radius 3 is 1.48 bits per heavy atom. The summed E-state index contributed by atoms with van der Waals surface area (Å²) in [6.45, 7) is 6.12. The predicted molar refractivity (Wildman–Crippen MR) is 196 cm³/mol. The maximum Gasteiger partial charge on any atom is 0.472 e. The number of carbonyl (C=O) groups is 1. The Balaban J connectivity index is 3.73. The van der Waals surface area contributed by atoms with Gasteiger partial charge in [0.25, 0.3) is 0 Å². The van der Waals surface area contributed by atoms with Gasteiger partial charge in [0.05, 0.1) is 6.61 Å². The molecule has 0 aliphatic heterocycles. The minimum Gasteiger partial charge on any atom is -0.463 e. The van der Waals surface area contributed by atoms with Crippen LogP contribution in [-0.4, -0.2) is 30.2 Å². The topological polar surface area (TPSA) is 82.1 Å². The van der Waals surface area contributed by atoms with Crippen molar-refractivity contribution in [2.75, 3.05) is 13.2 Å². The summed E-state index contributed by atoms with van der Waals surface area (Å²) in [5, 5.41) is 0. The van der Waals surface area contributed by atoms with Crippen LogP contribution in [0.1, 0.15) is 149 Å². The minimum atomic E-state index is -4.19. The Bertz CT molecular complexity index is 917. The molecule has 2 atom stereocenters. The molecule has 6 nitrogen and oxygen atoms in total. The van der Waals surface area contributed by atoms with Crippen LogP contribution >= 0.6 is 7.82 Å². The molecule has 0 aromatic carbocycles. The van der Waals surface area contributed by atoms with Crippen molar-refractivity contribution in [2.24, 2.45) is 0 Å². The molecule has 0 heterocycles. The average Bonchev–Trinajstić information content (AvgIpc) is 3.03. The van der Waals surface area contributed by atoms with E-state index in [9.17, 15) is 14.3 Å². The fourth-order valence-corrected chi connectivity index (χ4v) is 5.34. The normalized spacial score (nSPS) is 14.6. The van der Waals surface area contributed by atoms with Crippen LogP contribution in [0.2, 0.25) is 0 Å². The fourth-order valence-electron chi connectivity index (χ4n) is 4.40. The van der Waals surface area contributed by atoms with E-state index < -0.39 is 13.9 Å². The van der Waals surface area contributed by atoms with Gasteiger partial charge in [0.2, 0.25) is 0 Å². The number of unbranched alkanes of at least 4 members (excludes halogenated alkanes) is 11. The molecule has 0 aromatic rings. The molecule has 0 aliphatic carbocycles. The summed E-state index contributed by atoms with van der Waals surface area (Å²) in [7, 11) is -4.19. The molecule has 0 fully saturated rings. The second-order valence-electron chi connectivity index (χ2n) is 11.8. The number of phosphoric acid groups is 1. The lowest BCUT2D eigenvalue weighted by atomic mass is 10.1. The molecule has 2 unspecified atom stereocenters. The molecule has 0 rings (SSSR count). The van der Waals surface area contributed by atoms with Crippen LogP contribution in [-0.2, 0) is 23.1 Å². The van der Waals surface area contributed by atoms with Gasteiger partial charge in [-0.2, -0.15) is 0 Å². The zero-order valence-corrected chi connectivity index (χ0v) is 30.4. The van der Waals surface area contributed by atoms with Crippen LogP contribution < -0.4 is 0 Å². The van der Waals surface area contributed by atoms with Crippen LogP contribution in [0.25, 0.3) is 0 Å². The van der Waals surface area contributed by atoms with E-state index in [1.807, 2.05) is 0 Å². The molecule has 0 saturated carbocycles. The van der Waals surface area contributed by atoms with Crippen molar-refractivity contribution < 1.29 is 28.0 Å². The summed E-state index contributed by atoms with van der Waals surface area (Å²) in [6.07, 6.45) is 46.1. The van der Waals surface area contributed by atoms with Gasteiger partial charge in [0.15, 0.2) is 0 Å². The summed E-state index contributed by atoms with van der Waals surface area (Å²) in [6, 6.07) is 0. The highest BCUT2D eigenvalue weighted by Crippen LogP contribution is 2.44. The van der Waals surface area contributed by atoms with E-state index in [4.69, 9.17) is 13.8 Å². The Kier molecular flexibility index (Phi) is 32.9. The minimum absolute atomic E-state index is 0.0792. The van der Waals surface area contributed by atoms with E-state index >= 15 is 0 Å². The lowest BCUT2D eigenvalue weighted by molar-refractivity contribution is -0.146. The van der Waals surface area contributed by atoms with Crippen molar-refractivity contribution in [3.05, 3.63) is 72.9 Å². The first-order valence-corrected chi connectivity index (χ1v) is 19.6. The van der Waals surface area contributed by atoms with Crippen LogP contribution in [0, 0.1) is 0 Å². The monoisotopic (exact) mass is 662 g/mol. The summed E-state index contributed by atoms with van der Waals surface area (Å²) < 4.78 is 27.6. The van der Waals surface area contributed by atoms with Gasteiger partial charge in [-0.1, -0.05) is 119 Å². The summed E-state index contributed by atoms with van der Waals surface area (Å²) in [5.74, 6) is -0.325. The van der Waals surface area contributed by atoms with E-state index in [0.717, 1.165) is 64.2 Å². The van der Waals surface area contributed by atoms with Crippen LogP contribution in [0.15, 0.2) is 72.9 Å². The highest BCUT2D eigenvalue weighted by molar-refractivity contribution is 7.47. The number of hydrogen-bond donors (Lipinski definition) is 1. The van der Waals surface area contributed by atoms with E-state index in [2.05, 4.69) is 86.8 Å². The van der Waals surface area contributed by atoms with Gasteiger partial charge >= 0.3 is 13.8 Å². The third-order valence-corrected chi connectivity index (χ3v) is 8.24. The highest BCUT2D eigenvalue weighted by atomic mass is 31.2. The zero-order valence-electron chi connectivity index (χ0n) is 29.5. The quantitative estimate of drug-likeness (QED) is 0.0334. The van der Waals surface area contributed by atoms with E-state index in [-0.39, 0.29) is 19.2 Å². The summed E-state index contributed by atoms with van der Waals surface area (Å²) >= 11 is 0. The first kappa shape index (κ1) is 44.0. The number of esters is 1. The van der Waals surface area contributed by atoms with Crippen molar-refractivity contribution in [1.29, 1.82) is 0 Å². The smallest absolute Gasteiger partial charge is 0.463 e. The first-order chi connectivity index (χ1) is 22.4. The maximum absolute atomic E-state index is 12.2. The van der Waals surface area contributed by atoms with Gasteiger partial charge < -0.3 is 9.63 Å². The van der Waals surface area contributed by atoms with Crippen LogP contribution in [0.3, 0.4) is 0 Å². The number of ether oxygens (including phenoxy) is 1. The van der Waals surface area contributed by atoms with Crippen molar-refractivity contribution in [2.45, 2.75) is 155 Å². The number of carbonyl (C=O) groups excluding carboxylic acids is 1. The van der Waals surface area contributed by atoms with Gasteiger partial charge in [-0.05, 0) is 96.8 Å². The first-order valence-electron chi connectivity index (χ1n) is 18.1. The van der Waals surface area contributed by atoms with Crippen LogP contribution in [0.4, 0.5) is 0 Å². The van der Waals surface area contributed by atoms with Crippen molar-refractivity contribution >= 4 is 13.8 Å². The second-order valence-corrected chi connectivity index (χ2v) is 13.2. The third-order valence-electron chi connectivity index (χ3n) is 7.10. The SMILES string of the molecule is CCCCC/C=C\C/C=C\C/C=C\CCCCCOP(=O)(O)OC(C)COC(=O)CCCC/C=C\C/C=C\C/C=C\CCCCC. The Morgan fingerprint density at radius 1 is 0.609 bits per heavy atom. The Morgan fingerprint density at radius 2 is 1.02 bits per heavy atom. The lowest BCUT2D eigenvalue weighted by Crippen LogP contribution is -2.18. The Hall–Kier alpha value is -1.98. The molecule has 0 amide bonds. The fraction of sp³-hybridized carbons (Fsp3) is 0.667. The molecule has 0 bridgehead atoms. The molecule has 0 saturated heterocycles. The highest BCUT2D eigenvalue weighted by Gasteiger charge is 2.25. The second kappa shape index (κ2) is 34.4. The molecule has 46 heavy (non-hydrogen) atoms. The largest absolute Gasteiger partial charge is 0.472 e. The maximum atomic E-state index is 12.2. The number of hydrogen-bond acceptors (Lipinski definition) is 5. The average molecular weight is 663 g/mol. The van der Waals surface area contributed by atoms with Gasteiger partial charge in [-0.25, -0.2) is 4.57 Å². The van der Waals surface area contributed by atoms with Gasteiger partial charge in [0, 0.05) is 6.42 Å². The van der Waals surface area contributed by atoms with Crippen LogP contribution in [0.5, 0.6) is 0 Å².